The van der Waals surface area contributed by atoms with Gasteiger partial charge in [0.2, 0.25) is 0 Å². The molecule has 1 aromatic heterocycles. The second-order valence-electron chi connectivity index (χ2n) is 4.70. The number of nitrogens with zero attached hydrogens (tertiary/aromatic N) is 1. The molecule has 0 amide bonds. The van der Waals surface area contributed by atoms with Gasteiger partial charge in [-0.2, -0.15) is 0 Å². The van der Waals surface area contributed by atoms with Crippen molar-refractivity contribution in [2.24, 2.45) is 0 Å². The van der Waals surface area contributed by atoms with Crippen LogP contribution in [0.2, 0.25) is 0 Å². The maximum absolute atomic E-state index is 13.2. The molecule has 106 valence electrons. The number of benzene rings is 2. The SMILES string of the molecule is Oc1cc(F)cc(CNc2cccc3cc(Br)cnc23)c1. The molecule has 0 aliphatic rings. The van der Waals surface area contributed by atoms with Crippen LogP contribution in [0.1, 0.15) is 5.56 Å². The molecule has 21 heavy (non-hydrogen) atoms. The molecule has 0 aliphatic heterocycles. The zero-order chi connectivity index (χ0) is 14.8. The van der Waals surface area contributed by atoms with Crippen LogP contribution in [-0.2, 0) is 6.54 Å². The Morgan fingerprint density at radius 2 is 2.05 bits per heavy atom. The summed E-state index contributed by atoms with van der Waals surface area (Å²) in [6.45, 7) is 0.405. The number of anilines is 1. The summed E-state index contributed by atoms with van der Waals surface area (Å²) in [7, 11) is 0. The molecule has 2 aromatic carbocycles. The quantitative estimate of drug-likeness (QED) is 0.736. The van der Waals surface area contributed by atoms with E-state index in [0.29, 0.717) is 12.1 Å². The van der Waals surface area contributed by atoms with Crippen LogP contribution in [0.15, 0.2) is 53.1 Å². The van der Waals surface area contributed by atoms with Gasteiger partial charge in [0.25, 0.3) is 0 Å². The summed E-state index contributed by atoms with van der Waals surface area (Å²) in [6.07, 6.45) is 1.74. The molecule has 0 bridgehead atoms. The Bertz CT molecular complexity index is 787. The number of aromatic nitrogens is 1. The number of aromatic hydroxyl groups is 1. The Labute approximate surface area is 129 Å². The van der Waals surface area contributed by atoms with Gasteiger partial charge < -0.3 is 10.4 Å². The minimum Gasteiger partial charge on any atom is -0.508 e. The Kier molecular flexibility index (Phi) is 3.75. The van der Waals surface area contributed by atoms with Crippen molar-refractivity contribution in [3.05, 3.63) is 64.5 Å². The van der Waals surface area contributed by atoms with Gasteiger partial charge in [-0.3, -0.25) is 4.98 Å². The van der Waals surface area contributed by atoms with E-state index >= 15 is 0 Å². The average molecular weight is 347 g/mol. The summed E-state index contributed by atoms with van der Waals surface area (Å²) in [5.74, 6) is -0.529. The van der Waals surface area contributed by atoms with E-state index in [-0.39, 0.29) is 5.75 Å². The number of phenolic OH excluding ortho intramolecular Hbond substituents is 1. The van der Waals surface area contributed by atoms with Gasteiger partial charge in [-0.15, -0.1) is 0 Å². The minimum atomic E-state index is -0.452. The zero-order valence-corrected chi connectivity index (χ0v) is 12.6. The van der Waals surface area contributed by atoms with Crippen LogP contribution in [0.5, 0.6) is 5.75 Å². The smallest absolute Gasteiger partial charge is 0.127 e. The second kappa shape index (κ2) is 5.69. The van der Waals surface area contributed by atoms with E-state index < -0.39 is 5.82 Å². The van der Waals surface area contributed by atoms with Crippen molar-refractivity contribution >= 4 is 32.5 Å². The Balaban J connectivity index is 1.88. The zero-order valence-electron chi connectivity index (χ0n) is 11.0. The molecule has 3 rings (SSSR count). The number of phenols is 1. The van der Waals surface area contributed by atoms with Crippen molar-refractivity contribution < 1.29 is 9.50 Å². The first-order chi connectivity index (χ1) is 10.1. The third-order valence-electron chi connectivity index (χ3n) is 3.10. The number of fused-ring (bicyclic) bond motifs is 1. The lowest BCUT2D eigenvalue weighted by Crippen LogP contribution is -2.01. The van der Waals surface area contributed by atoms with Crippen LogP contribution in [0.25, 0.3) is 10.9 Å². The fraction of sp³-hybridized carbons (Fsp3) is 0.0625. The fourth-order valence-electron chi connectivity index (χ4n) is 2.21. The maximum atomic E-state index is 13.2. The topological polar surface area (TPSA) is 45.1 Å². The third kappa shape index (κ3) is 3.13. The van der Waals surface area contributed by atoms with Crippen molar-refractivity contribution in [1.29, 1.82) is 0 Å². The summed E-state index contributed by atoms with van der Waals surface area (Å²) in [4.78, 5) is 4.40. The van der Waals surface area contributed by atoms with Gasteiger partial charge in [0, 0.05) is 28.7 Å². The fourth-order valence-corrected chi connectivity index (χ4v) is 2.56. The lowest BCUT2D eigenvalue weighted by molar-refractivity contribution is 0.468. The third-order valence-corrected chi connectivity index (χ3v) is 3.54. The molecule has 0 saturated heterocycles. The standard InChI is InChI=1S/C16H12BrFN2O/c17-12-6-11-2-1-3-15(16(11)20-9-12)19-8-10-4-13(18)7-14(21)5-10/h1-7,9,19,21H,8H2. The summed E-state index contributed by atoms with van der Waals surface area (Å²) in [5.41, 5.74) is 2.38. The molecule has 3 nitrogen and oxygen atoms in total. The molecule has 0 unspecified atom stereocenters. The molecule has 5 heteroatoms. The first-order valence-electron chi connectivity index (χ1n) is 6.38. The highest BCUT2D eigenvalue weighted by molar-refractivity contribution is 9.10. The molecule has 2 N–H and O–H groups in total. The van der Waals surface area contributed by atoms with Crippen molar-refractivity contribution in [1.82, 2.24) is 4.98 Å². The highest BCUT2D eigenvalue weighted by atomic mass is 79.9. The predicted octanol–water partition coefficient (Wildman–Crippen LogP) is 4.45. The van der Waals surface area contributed by atoms with E-state index in [1.54, 1.807) is 6.20 Å². The number of hydrogen-bond donors (Lipinski definition) is 2. The van der Waals surface area contributed by atoms with Gasteiger partial charge >= 0.3 is 0 Å². The number of rotatable bonds is 3. The summed E-state index contributed by atoms with van der Waals surface area (Å²) >= 11 is 3.40. The molecule has 0 fully saturated rings. The van der Waals surface area contributed by atoms with Gasteiger partial charge in [0.1, 0.15) is 11.6 Å². The first-order valence-corrected chi connectivity index (χ1v) is 7.18. The summed E-state index contributed by atoms with van der Waals surface area (Å²) in [5, 5.41) is 13.6. The van der Waals surface area contributed by atoms with Crippen LogP contribution in [-0.4, -0.2) is 10.1 Å². The van der Waals surface area contributed by atoms with E-state index in [9.17, 15) is 9.50 Å². The van der Waals surface area contributed by atoms with Crippen molar-refractivity contribution in [2.45, 2.75) is 6.54 Å². The molecular weight excluding hydrogens is 335 g/mol. The van der Waals surface area contributed by atoms with Crippen LogP contribution in [0.3, 0.4) is 0 Å². The number of halogens is 2. The number of pyridine rings is 1. The second-order valence-corrected chi connectivity index (χ2v) is 5.62. The van der Waals surface area contributed by atoms with Gasteiger partial charge in [0.05, 0.1) is 11.2 Å². The van der Waals surface area contributed by atoms with E-state index in [2.05, 4.69) is 26.2 Å². The summed E-state index contributed by atoms with van der Waals surface area (Å²) in [6, 6.07) is 11.8. The van der Waals surface area contributed by atoms with Crippen LogP contribution in [0.4, 0.5) is 10.1 Å². The molecule has 3 aromatic rings. The normalized spacial score (nSPS) is 10.8. The number of hydrogen-bond acceptors (Lipinski definition) is 3. The Hall–Kier alpha value is -2.14. The lowest BCUT2D eigenvalue weighted by atomic mass is 10.1. The number of para-hydroxylation sites is 1. The van der Waals surface area contributed by atoms with Gasteiger partial charge in [-0.25, -0.2) is 4.39 Å². The van der Waals surface area contributed by atoms with Crippen LogP contribution >= 0.6 is 15.9 Å². The summed E-state index contributed by atoms with van der Waals surface area (Å²) < 4.78 is 14.2. The first kappa shape index (κ1) is 13.8. The highest BCUT2D eigenvalue weighted by Gasteiger charge is 2.04. The van der Waals surface area contributed by atoms with Crippen LogP contribution < -0.4 is 5.32 Å². The molecule has 0 aliphatic carbocycles. The molecular formula is C16H12BrFN2O. The molecule has 0 atom stereocenters. The number of nitrogens with one attached hydrogen (secondary N) is 1. The molecule has 0 radical (unpaired) electrons. The Morgan fingerprint density at radius 1 is 1.19 bits per heavy atom. The molecule has 1 heterocycles. The highest BCUT2D eigenvalue weighted by Crippen LogP contribution is 2.24. The minimum absolute atomic E-state index is 0.0771. The molecule has 0 spiro atoms. The maximum Gasteiger partial charge on any atom is 0.127 e. The van der Waals surface area contributed by atoms with Crippen molar-refractivity contribution in [3.8, 4) is 5.75 Å². The van der Waals surface area contributed by atoms with E-state index in [0.717, 1.165) is 27.1 Å². The van der Waals surface area contributed by atoms with E-state index in [1.165, 1.54) is 12.1 Å². The largest absolute Gasteiger partial charge is 0.508 e. The van der Waals surface area contributed by atoms with Gasteiger partial charge in [-0.05, 0) is 45.8 Å². The van der Waals surface area contributed by atoms with Crippen LogP contribution in [0, 0.1) is 5.82 Å². The van der Waals surface area contributed by atoms with Gasteiger partial charge in [-0.1, -0.05) is 12.1 Å². The van der Waals surface area contributed by atoms with E-state index in [1.807, 2.05) is 24.3 Å². The van der Waals surface area contributed by atoms with Gasteiger partial charge in [0.15, 0.2) is 0 Å². The Morgan fingerprint density at radius 3 is 2.86 bits per heavy atom. The van der Waals surface area contributed by atoms with Crippen molar-refractivity contribution in [2.75, 3.05) is 5.32 Å². The van der Waals surface area contributed by atoms with Crippen molar-refractivity contribution in [3.63, 3.8) is 0 Å². The van der Waals surface area contributed by atoms with E-state index in [4.69, 9.17) is 0 Å². The average Bonchev–Trinajstić information content (AvgIpc) is 2.43. The predicted molar refractivity (Wildman–Crippen MR) is 84.8 cm³/mol. The molecule has 0 saturated carbocycles. The monoisotopic (exact) mass is 346 g/mol. The lowest BCUT2D eigenvalue weighted by Gasteiger charge is -2.10.